The standard InChI is InChI=1S/C17H17ClN2O6S/c1-11(26-16(21)10-25-14-6-2-12(18)3-7-14)17(22)20-13-4-8-15(9-5-13)27(19,23)24/h2-9,11H,10H2,1H3,(H,20,22)(H2,19,23,24)/t11-/m0/s1. The van der Waals surface area contributed by atoms with Crippen molar-refractivity contribution in [3.05, 3.63) is 53.6 Å². The predicted octanol–water partition coefficient (Wildman–Crippen LogP) is 1.94. The molecule has 0 radical (unpaired) electrons. The van der Waals surface area contributed by atoms with Crippen molar-refractivity contribution >= 4 is 39.2 Å². The molecule has 0 heterocycles. The van der Waals surface area contributed by atoms with Crippen molar-refractivity contribution in [1.82, 2.24) is 0 Å². The van der Waals surface area contributed by atoms with Crippen LogP contribution in [-0.4, -0.2) is 33.0 Å². The molecule has 1 atom stereocenters. The number of benzene rings is 2. The molecule has 2 aromatic carbocycles. The minimum atomic E-state index is -3.82. The summed E-state index contributed by atoms with van der Waals surface area (Å²) >= 11 is 5.75. The lowest BCUT2D eigenvalue weighted by molar-refractivity contribution is -0.155. The predicted molar refractivity (Wildman–Crippen MR) is 98.9 cm³/mol. The van der Waals surface area contributed by atoms with E-state index in [9.17, 15) is 18.0 Å². The number of anilines is 1. The first kappa shape index (κ1) is 20.7. The molecule has 0 bridgehead atoms. The molecule has 0 aliphatic rings. The van der Waals surface area contributed by atoms with Crippen molar-refractivity contribution < 1.29 is 27.5 Å². The lowest BCUT2D eigenvalue weighted by Crippen LogP contribution is -2.31. The molecular weight excluding hydrogens is 396 g/mol. The summed E-state index contributed by atoms with van der Waals surface area (Å²) < 4.78 is 32.6. The molecule has 3 N–H and O–H groups in total. The summed E-state index contributed by atoms with van der Waals surface area (Å²) in [6, 6.07) is 11.7. The Morgan fingerprint density at radius 2 is 1.70 bits per heavy atom. The second-order valence-electron chi connectivity index (χ2n) is 5.43. The van der Waals surface area contributed by atoms with Gasteiger partial charge in [0, 0.05) is 10.7 Å². The number of hydrogen-bond acceptors (Lipinski definition) is 6. The number of esters is 1. The average Bonchev–Trinajstić information content (AvgIpc) is 2.61. The molecule has 8 nitrogen and oxygen atoms in total. The highest BCUT2D eigenvalue weighted by molar-refractivity contribution is 7.89. The van der Waals surface area contributed by atoms with Gasteiger partial charge in [-0.1, -0.05) is 11.6 Å². The van der Waals surface area contributed by atoms with Crippen LogP contribution < -0.4 is 15.2 Å². The zero-order chi connectivity index (χ0) is 20.0. The molecule has 10 heteroatoms. The molecular formula is C17H17ClN2O6S. The van der Waals surface area contributed by atoms with Crippen LogP contribution in [0, 0.1) is 0 Å². The number of amides is 1. The van der Waals surface area contributed by atoms with Crippen LogP contribution in [0.5, 0.6) is 5.75 Å². The SMILES string of the molecule is C[C@H](OC(=O)COc1ccc(Cl)cc1)C(=O)Nc1ccc(S(N)(=O)=O)cc1. The van der Waals surface area contributed by atoms with Gasteiger partial charge in [0.1, 0.15) is 5.75 Å². The first-order valence-corrected chi connectivity index (χ1v) is 9.59. The van der Waals surface area contributed by atoms with Crippen LogP contribution in [0.1, 0.15) is 6.92 Å². The number of hydrogen-bond donors (Lipinski definition) is 2. The topological polar surface area (TPSA) is 125 Å². The van der Waals surface area contributed by atoms with E-state index in [1.165, 1.54) is 31.2 Å². The number of sulfonamides is 1. The minimum Gasteiger partial charge on any atom is -0.482 e. The van der Waals surface area contributed by atoms with Gasteiger partial charge in [0.25, 0.3) is 5.91 Å². The van der Waals surface area contributed by atoms with Gasteiger partial charge >= 0.3 is 5.97 Å². The van der Waals surface area contributed by atoms with Gasteiger partial charge in [-0.3, -0.25) is 4.79 Å². The van der Waals surface area contributed by atoms with Gasteiger partial charge in [0.05, 0.1) is 4.90 Å². The monoisotopic (exact) mass is 412 g/mol. The molecule has 144 valence electrons. The molecule has 27 heavy (non-hydrogen) atoms. The van der Waals surface area contributed by atoms with Crippen LogP contribution in [0.15, 0.2) is 53.4 Å². The maximum Gasteiger partial charge on any atom is 0.344 e. The number of carbonyl (C=O) groups is 2. The summed E-state index contributed by atoms with van der Waals surface area (Å²) in [6.45, 7) is 1.02. The number of halogens is 1. The molecule has 0 fully saturated rings. The number of ether oxygens (including phenoxy) is 2. The Kier molecular flexibility index (Phi) is 6.78. The molecule has 0 aromatic heterocycles. The van der Waals surface area contributed by atoms with Gasteiger partial charge in [-0.2, -0.15) is 0 Å². The van der Waals surface area contributed by atoms with Gasteiger partial charge in [-0.25, -0.2) is 18.4 Å². The van der Waals surface area contributed by atoms with Crippen molar-refractivity contribution in [2.24, 2.45) is 5.14 Å². The van der Waals surface area contributed by atoms with E-state index in [0.29, 0.717) is 16.5 Å². The summed E-state index contributed by atoms with van der Waals surface area (Å²) in [6.07, 6.45) is -1.08. The minimum absolute atomic E-state index is 0.0840. The molecule has 2 rings (SSSR count). The zero-order valence-corrected chi connectivity index (χ0v) is 15.8. The fourth-order valence-electron chi connectivity index (χ4n) is 1.93. The summed E-state index contributed by atoms with van der Waals surface area (Å²) in [7, 11) is -3.82. The van der Waals surface area contributed by atoms with E-state index in [-0.39, 0.29) is 11.5 Å². The van der Waals surface area contributed by atoms with Crippen molar-refractivity contribution in [2.75, 3.05) is 11.9 Å². The van der Waals surface area contributed by atoms with E-state index in [4.69, 9.17) is 26.2 Å². The number of rotatable bonds is 7. The van der Waals surface area contributed by atoms with Crippen LogP contribution in [0.2, 0.25) is 5.02 Å². The third kappa shape index (κ3) is 6.55. The Balaban J connectivity index is 1.83. The third-order valence-electron chi connectivity index (χ3n) is 3.30. The van der Waals surface area contributed by atoms with E-state index in [0.717, 1.165) is 0 Å². The zero-order valence-electron chi connectivity index (χ0n) is 14.2. The first-order chi connectivity index (χ1) is 12.6. The van der Waals surface area contributed by atoms with E-state index < -0.39 is 28.0 Å². The van der Waals surface area contributed by atoms with Crippen molar-refractivity contribution in [3.8, 4) is 5.75 Å². The van der Waals surface area contributed by atoms with Crippen molar-refractivity contribution in [2.45, 2.75) is 17.9 Å². The van der Waals surface area contributed by atoms with E-state index in [2.05, 4.69) is 5.32 Å². The summed E-state index contributed by atoms with van der Waals surface area (Å²) in [5.74, 6) is -0.876. The highest BCUT2D eigenvalue weighted by Gasteiger charge is 2.18. The largest absolute Gasteiger partial charge is 0.482 e. The summed E-state index contributed by atoms with van der Waals surface area (Å²) in [4.78, 5) is 23.7. The molecule has 0 saturated heterocycles. The lowest BCUT2D eigenvalue weighted by atomic mass is 10.3. The van der Waals surface area contributed by atoms with Crippen LogP contribution in [0.25, 0.3) is 0 Å². The van der Waals surface area contributed by atoms with Gasteiger partial charge < -0.3 is 14.8 Å². The maximum atomic E-state index is 12.1. The maximum absolute atomic E-state index is 12.1. The van der Waals surface area contributed by atoms with Gasteiger partial charge in [0.15, 0.2) is 12.7 Å². The van der Waals surface area contributed by atoms with Gasteiger partial charge in [-0.05, 0) is 55.5 Å². The summed E-state index contributed by atoms with van der Waals surface area (Å²) in [5.41, 5.74) is 0.327. The second kappa shape index (κ2) is 8.85. The second-order valence-corrected chi connectivity index (χ2v) is 7.43. The highest BCUT2D eigenvalue weighted by Crippen LogP contribution is 2.16. The Labute approximate surface area is 161 Å². The van der Waals surface area contributed by atoms with E-state index in [1.54, 1.807) is 24.3 Å². The quantitative estimate of drug-likeness (QED) is 0.669. The average molecular weight is 413 g/mol. The molecule has 1 amide bonds. The molecule has 2 aromatic rings. The fraction of sp³-hybridized carbons (Fsp3) is 0.176. The molecule has 0 aliphatic carbocycles. The molecule has 0 unspecified atom stereocenters. The van der Waals surface area contributed by atoms with Crippen LogP contribution >= 0.6 is 11.6 Å². The number of primary sulfonamides is 1. The van der Waals surface area contributed by atoms with E-state index >= 15 is 0 Å². The Bertz CT molecular complexity index is 913. The smallest absolute Gasteiger partial charge is 0.344 e. The lowest BCUT2D eigenvalue weighted by Gasteiger charge is -2.14. The highest BCUT2D eigenvalue weighted by atomic mass is 35.5. The molecule has 0 saturated carbocycles. The van der Waals surface area contributed by atoms with Crippen molar-refractivity contribution in [3.63, 3.8) is 0 Å². The van der Waals surface area contributed by atoms with E-state index in [1.807, 2.05) is 0 Å². The molecule has 0 aliphatic heterocycles. The summed E-state index contributed by atoms with van der Waals surface area (Å²) in [5, 5.41) is 8.03. The van der Waals surface area contributed by atoms with Gasteiger partial charge in [-0.15, -0.1) is 0 Å². The number of nitrogens with one attached hydrogen (secondary N) is 1. The Morgan fingerprint density at radius 3 is 2.26 bits per heavy atom. The van der Waals surface area contributed by atoms with Crippen LogP contribution in [0.4, 0.5) is 5.69 Å². The fourth-order valence-corrected chi connectivity index (χ4v) is 2.57. The van der Waals surface area contributed by atoms with Crippen molar-refractivity contribution in [1.29, 1.82) is 0 Å². The van der Waals surface area contributed by atoms with Crippen LogP contribution in [-0.2, 0) is 24.3 Å². The molecule has 0 spiro atoms. The first-order valence-electron chi connectivity index (χ1n) is 7.67. The van der Waals surface area contributed by atoms with Crippen LogP contribution in [0.3, 0.4) is 0 Å². The van der Waals surface area contributed by atoms with Gasteiger partial charge in [0.2, 0.25) is 10.0 Å². The number of carbonyl (C=O) groups excluding carboxylic acids is 2. The Morgan fingerprint density at radius 1 is 1.11 bits per heavy atom. The third-order valence-corrected chi connectivity index (χ3v) is 4.48. The Hall–Kier alpha value is -2.62. The normalized spacial score (nSPS) is 12.1. The number of nitrogens with two attached hydrogens (primary N) is 1.